The fraction of sp³-hybridized carbons (Fsp3) is 0.471. The van der Waals surface area contributed by atoms with Gasteiger partial charge in [0.15, 0.2) is 0 Å². The minimum atomic E-state index is 0.0891. The summed E-state index contributed by atoms with van der Waals surface area (Å²) in [5.41, 5.74) is 2.18. The van der Waals surface area contributed by atoms with Crippen molar-refractivity contribution in [1.29, 1.82) is 0 Å². The molecule has 0 aliphatic carbocycles. The molecule has 1 aromatic carbocycles. The molecule has 1 N–H and O–H groups in total. The zero-order valence-corrected chi connectivity index (χ0v) is 12.0. The number of rotatable bonds is 11. The van der Waals surface area contributed by atoms with Crippen molar-refractivity contribution in [3.63, 3.8) is 0 Å². The van der Waals surface area contributed by atoms with Gasteiger partial charge in [-0.3, -0.25) is 4.79 Å². The number of ketones is 1. The first-order valence-corrected chi connectivity index (χ1v) is 7.13. The van der Waals surface area contributed by atoms with E-state index in [1.54, 1.807) is 0 Å². The minimum absolute atomic E-state index is 0.0891. The van der Waals surface area contributed by atoms with Gasteiger partial charge < -0.3 is 9.84 Å². The Morgan fingerprint density at radius 2 is 1.80 bits per heavy atom. The van der Waals surface area contributed by atoms with E-state index in [1.807, 2.05) is 30.3 Å². The van der Waals surface area contributed by atoms with E-state index < -0.39 is 0 Å². The molecule has 20 heavy (non-hydrogen) atoms. The van der Waals surface area contributed by atoms with Gasteiger partial charge in [0.2, 0.25) is 0 Å². The summed E-state index contributed by atoms with van der Waals surface area (Å²) in [4.78, 5) is 11.4. The zero-order chi connectivity index (χ0) is 14.6. The molecule has 0 unspecified atom stereocenters. The molecule has 0 saturated heterocycles. The quantitative estimate of drug-likeness (QED) is 0.631. The van der Waals surface area contributed by atoms with Crippen LogP contribution < -0.4 is 0 Å². The summed E-state index contributed by atoms with van der Waals surface area (Å²) in [6.45, 7) is 5.19. The van der Waals surface area contributed by atoms with Crippen LogP contribution in [0.4, 0.5) is 0 Å². The van der Waals surface area contributed by atoms with Gasteiger partial charge >= 0.3 is 0 Å². The molecule has 1 aromatic rings. The number of Topliss-reactive ketones (excluding diaryl/α,β-unsaturated/α-hetero) is 1. The Labute approximate surface area is 121 Å². The van der Waals surface area contributed by atoms with E-state index in [9.17, 15) is 4.79 Å². The van der Waals surface area contributed by atoms with Crippen LogP contribution in [0.3, 0.4) is 0 Å². The standard InChI is InChI=1S/C17H24O3/c1-15(7-5-10-17(19)11-6-12-18)13-20-14-16-8-3-2-4-9-16/h2-4,8-9,18H,1,5-7,10-14H2. The van der Waals surface area contributed by atoms with Gasteiger partial charge in [-0.05, 0) is 24.8 Å². The van der Waals surface area contributed by atoms with Crippen molar-refractivity contribution in [3.8, 4) is 0 Å². The Hall–Kier alpha value is -1.45. The summed E-state index contributed by atoms with van der Waals surface area (Å²) in [7, 11) is 0. The Morgan fingerprint density at radius 3 is 2.50 bits per heavy atom. The van der Waals surface area contributed by atoms with Crippen LogP contribution in [0.2, 0.25) is 0 Å². The molecule has 0 aromatic heterocycles. The highest BCUT2D eigenvalue weighted by atomic mass is 16.5. The third kappa shape index (κ3) is 7.87. The van der Waals surface area contributed by atoms with E-state index in [1.165, 1.54) is 0 Å². The number of aliphatic hydroxyl groups excluding tert-OH is 1. The smallest absolute Gasteiger partial charge is 0.133 e. The van der Waals surface area contributed by atoms with Crippen molar-refractivity contribution in [1.82, 2.24) is 0 Å². The Kier molecular flexibility index (Phi) is 8.59. The largest absolute Gasteiger partial charge is 0.396 e. The lowest BCUT2D eigenvalue weighted by atomic mass is 10.1. The maximum atomic E-state index is 11.4. The molecule has 0 fully saturated rings. The lowest BCUT2D eigenvalue weighted by Gasteiger charge is -2.07. The topological polar surface area (TPSA) is 46.5 Å². The van der Waals surface area contributed by atoms with Crippen molar-refractivity contribution in [2.24, 2.45) is 0 Å². The Morgan fingerprint density at radius 1 is 1.10 bits per heavy atom. The summed E-state index contributed by atoms with van der Waals surface area (Å²) in [5.74, 6) is 0.219. The first-order valence-electron chi connectivity index (χ1n) is 7.13. The third-order valence-corrected chi connectivity index (χ3v) is 3.02. The molecular formula is C17H24O3. The van der Waals surface area contributed by atoms with Gasteiger partial charge in [0, 0.05) is 19.4 Å². The highest BCUT2D eigenvalue weighted by molar-refractivity contribution is 5.78. The molecule has 0 aliphatic heterocycles. The van der Waals surface area contributed by atoms with Crippen LogP contribution in [-0.4, -0.2) is 24.1 Å². The van der Waals surface area contributed by atoms with E-state index in [0.29, 0.717) is 32.5 Å². The molecule has 0 atom stereocenters. The lowest BCUT2D eigenvalue weighted by molar-refractivity contribution is -0.119. The monoisotopic (exact) mass is 276 g/mol. The van der Waals surface area contributed by atoms with Crippen LogP contribution in [0.25, 0.3) is 0 Å². The van der Waals surface area contributed by atoms with Gasteiger partial charge in [0.25, 0.3) is 0 Å². The molecule has 0 amide bonds. The number of aliphatic hydroxyl groups is 1. The average Bonchev–Trinajstić information content (AvgIpc) is 2.46. The molecule has 0 bridgehead atoms. The Bertz CT molecular complexity index is 398. The summed E-state index contributed by atoms with van der Waals surface area (Å²) in [6.07, 6.45) is 3.25. The highest BCUT2D eigenvalue weighted by Gasteiger charge is 2.02. The number of hydrogen-bond donors (Lipinski definition) is 1. The molecule has 0 saturated carbocycles. The van der Waals surface area contributed by atoms with E-state index in [-0.39, 0.29) is 12.4 Å². The van der Waals surface area contributed by atoms with Crippen LogP contribution >= 0.6 is 0 Å². The predicted molar refractivity (Wildman–Crippen MR) is 80.4 cm³/mol. The fourth-order valence-electron chi connectivity index (χ4n) is 1.90. The number of benzene rings is 1. The number of carbonyl (C=O) groups is 1. The predicted octanol–water partition coefficient (Wildman–Crippen LogP) is 3.27. The van der Waals surface area contributed by atoms with Gasteiger partial charge in [-0.25, -0.2) is 0 Å². The molecular weight excluding hydrogens is 252 g/mol. The van der Waals surface area contributed by atoms with Crippen molar-refractivity contribution in [2.45, 2.75) is 38.7 Å². The van der Waals surface area contributed by atoms with Crippen molar-refractivity contribution in [3.05, 3.63) is 48.0 Å². The summed E-state index contributed by atoms with van der Waals surface area (Å²) < 4.78 is 5.59. The molecule has 0 radical (unpaired) electrons. The minimum Gasteiger partial charge on any atom is -0.396 e. The van der Waals surface area contributed by atoms with E-state index in [0.717, 1.165) is 24.0 Å². The molecule has 0 spiro atoms. The van der Waals surface area contributed by atoms with E-state index >= 15 is 0 Å². The molecule has 110 valence electrons. The van der Waals surface area contributed by atoms with Gasteiger partial charge in [0.1, 0.15) is 5.78 Å². The SMILES string of the molecule is C=C(CCCC(=O)CCCO)COCc1ccccc1. The zero-order valence-electron chi connectivity index (χ0n) is 12.0. The second kappa shape index (κ2) is 10.4. The molecule has 3 heteroatoms. The van der Waals surface area contributed by atoms with E-state index in [4.69, 9.17) is 9.84 Å². The number of hydrogen-bond acceptors (Lipinski definition) is 3. The van der Waals surface area contributed by atoms with Crippen molar-refractivity contribution in [2.75, 3.05) is 13.2 Å². The average molecular weight is 276 g/mol. The maximum Gasteiger partial charge on any atom is 0.133 e. The molecule has 3 nitrogen and oxygen atoms in total. The van der Waals surface area contributed by atoms with Crippen LogP contribution in [0, 0.1) is 0 Å². The van der Waals surface area contributed by atoms with Crippen molar-refractivity contribution < 1.29 is 14.6 Å². The fourth-order valence-corrected chi connectivity index (χ4v) is 1.90. The van der Waals surface area contributed by atoms with Gasteiger partial charge in [-0.2, -0.15) is 0 Å². The first kappa shape index (κ1) is 16.6. The lowest BCUT2D eigenvalue weighted by Crippen LogP contribution is -2.01. The van der Waals surface area contributed by atoms with Crippen molar-refractivity contribution >= 4 is 5.78 Å². The first-order chi connectivity index (χ1) is 9.72. The van der Waals surface area contributed by atoms with E-state index in [2.05, 4.69) is 6.58 Å². The number of carbonyl (C=O) groups excluding carboxylic acids is 1. The number of ether oxygens (including phenoxy) is 1. The molecule has 0 heterocycles. The summed E-state index contributed by atoms with van der Waals surface area (Å²) >= 11 is 0. The maximum absolute atomic E-state index is 11.4. The van der Waals surface area contributed by atoms with Crippen LogP contribution in [0.15, 0.2) is 42.5 Å². The van der Waals surface area contributed by atoms with Crippen LogP contribution in [0.1, 0.15) is 37.7 Å². The summed E-state index contributed by atoms with van der Waals surface area (Å²) in [5, 5.41) is 8.64. The van der Waals surface area contributed by atoms with Crippen LogP contribution in [0.5, 0.6) is 0 Å². The second-order valence-electron chi connectivity index (χ2n) is 4.95. The van der Waals surface area contributed by atoms with Crippen LogP contribution in [-0.2, 0) is 16.1 Å². The van der Waals surface area contributed by atoms with Gasteiger partial charge in [0.05, 0.1) is 13.2 Å². The van der Waals surface area contributed by atoms with Gasteiger partial charge in [-0.1, -0.05) is 42.5 Å². The van der Waals surface area contributed by atoms with Gasteiger partial charge in [-0.15, -0.1) is 0 Å². The highest BCUT2D eigenvalue weighted by Crippen LogP contribution is 2.09. The molecule has 0 aliphatic rings. The third-order valence-electron chi connectivity index (χ3n) is 3.02. The Balaban J connectivity index is 2.04. The normalized spacial score (nSPS) is 10.4. The second-order valence-corrected chi connectivity index (χ2v) is 4.95. The summed E-state index contributed by atoms with van der Waals surface area (Å²) in [6, 6.07) is 10.0. The molecule has 1 rings (SSSR count).